The fourth-order valence-corrected chi connectivity index (χ4v) is 2.79. The first-order chi connectivity index (χ1) is 9.58. The molecule has 0 aliphatic carbocycles. The van der Waals surface area contributed by atoms with E-state index in [9.17, 15) is 9.59 Å². The molecule has 0 aromatic carbocycles. The van der Waals surface area contributed by atoms with Crippen LogP contribution in [-0.4, -0.2) is 60.7 Å². The van der Waals surface area contributed by atoms with Crippen LogP contribution < -0.4 is 0 Å². The number of thioether (sulfide) groups is 1. The van der Waals surface area contributed by atoms with E-state index in [0.717, 1.165) is 25.4 Å². The second kappa shape index (κ2) is 12.0. The molecule has 6 heteroatoms. The lowest BCUT2D eigenvalue weighted by molar-refractivity contribution is -0.149. The molecule has 0 heterocycles. The third-order valence-corrected chi connectivity index (χ3v) is 4.01. The molecule has 0 rings (SSSR count). The van der Waals surface area contributed by atoms with Gasteiger partial charge < -0.3 is 14.4 Å². The molecule has 0 saturated heterocycles. The highest BCUT2D eigenvalue weighted by atomic mass is 32.2. The van der Waals surface area contributed by atoms with Crippen molar-refractivity contribution in [2.24, 2.45) is 0 Å². The van der Waals surface area contributed by atoms with Gasteiger partial charge in [-0.15, -0.1) is 11.8 Å². The van der Waals surface area contributed by atoms with E-state index >= 15 is 0 Å². The summed E-state index contributed by atoms with van der Waals surface area (Å²) in [5, 5.41) is -0.468. The molecule has 0 aromatic rings. The molecule has 0 aromatic heterocycles. The molecule has 0 aliphatic rings. The van der Waals surface area contributed by atoms with Crippen LogP contribution in [0.5, 0.6) is 0 Å². The van der Waals surface area contributed by atoms with Crippen LogP contribution in [0.1, 0.15) is 34.1 Å². The van der Waals surface area contributed by atoms with Gasteiger partial charge in [0.05, 0.1) is 19.6 Å². The Balaban J connectivity index is 4.30. The number of hydrogen-bond donors (Lipinski definition) is 0. The number of carbonyl (C=O) groups excluding carboxylic acids is 2. The Kier molecular flexibility index (Phi) is 11.6. The van der Waals surface area contributed by atoms with Gasteiger partial charge in [-0.3, -0.25) is 9.59 Å². The van der Waals surface area contributed by atoms with Gasteiger partial charge in [0, 0.05) is 12.3 Å². The third kappa shape index (κ3) is 8.43. The van der Waals surface area contributed by atoms with Crippen LogP contribution in [0, 0.1) is 0 Å². The molecule has 0 bridgehead atoms. The molecule has 1 unspecified atom stereocenters. The fraction of sp³-hybridized carbons (Fsp3) is 0.857. The van der Waals surface area contributed by atoms with Gasteiger partial charge in [-0.25, -0.2) is 0 Å². The first kappa shape index (κ1) is 19.2. The topological polar surface area (TPSA) is 55.8 Å². The minimum atomic E-state index is -0.468. The normalized spacial score (nSPS) is 12.2. The summed E-state index contributed by atoms with van der Waals surface area (Å²) in [5.41, 5.74) is 0. The van der Waals surface area contributed by atoms with Crippen molar-refractivity contribution >= 4 is 23.7 Å². The van der Waals surface area contributed by atoms with Gasteiger partial charge in [0.2, 0.25) is 0 Å². The summed E-state index contributed by atoms with van der Waals surface area (Å²) in [6, 6.07) is 0. The van der Waals surface area contributed by atoms with Crippen LogP contribution in [0.25, 0.3) is 0 Å². The van der Waals surface area contributed by atoms with Gasteiger partial charge in [0.1, 0.15) is 5.25 Å². The summed E-state index contributed by atoms with van der Waals surface area (Å²) < 4.78 is 9.91. The first-order valence-electron chi connectivity index (χ1n) is 7.25. The van der Waals surface area contributed by atoms with Crippen molar-refractivity contribution in [3.05, 3.63) is 0 Å². The van der Waals surface area contributed by atoms with Crippen molar-refractivity contribution in [3.8, 4) is 0 Å². The Bertz CT molecular complexity index is 282. The van der Waals surface area contributed by atoms with E-state index < -0.39 is 5.25 Å². The maximum absolute atomic E-state index is 11.8. The van der Waals surface area contributed by atoms with Crippen molar-refractivity contribution in [3.63, 3.8) is 0 Å². The zero-order valence-electron chi connectivity index (χ0n) is 13.0. The van der Waals surface area contributed by atoms with Crippen molar-refractivity contribution < 1.29 is 19.1 Å². The van der Waals surface area contributed by atoms with Gasteiger partial charge in [-0.2, -0.15) is 0 Å². The Labute approximate surface area is 126 Å². The summed E-state index contributed by atoms with van der Waals surface area (Å²) >= 11 is 1.47. The van der Waals surface area contributed by atoms with Crippen LogP contribution in [-0.2, 0) is 19.1 Å². The molecule has 0 amide bonds. The van der Waals surface area contributed by atoms with Gasteiger partial charge in [-0.05, 0) is 26.9 Å². The highest BCUT2D eigenvalue weighted by Gasteiger charge is 2.24. The highest BCUT2D eigenvalue weighted by molar-refractivity contribution is 8.00. The van der Waals surface area contributed by atoms with E-state index in [4.69, 9.17) is 9.47 Å². The smallest absolute Gasteiger partial charge is 0.319 e. The maximum Gasteiger partial charge on any atom is 0.319 e. The van der Waals surface area contributed by atoms with Crippen molar-refractivity contribution in [1.29, 1.82) is 0 Å². The second-order valence-electron chi connectivity index (χ2n) is 4.15. The average molecular weight is 305 g/mol. The molecule has 0 spiro atoms. The first-order valence-corrected chi connectivity index (χ1v) is 8.29. The standard InChI is InChI=1S/C14H27NO4S/c1-5-15(6-2)9-10-20-12(14(17)19-8-4)11-13(16)18-7-3/h12H,5-11H2,1-4H3. The summed E-state index contributed by atoms with van der Waals surface area (Å²) in [5.74, 6) is 0.121. The van der Waals surface area contributed by atoms with Crippen LogP contribution >= 0.6 is 11.8 Å². The molecule has 0 fully saturated rings. The van der Waals surface area contributed by atoms with Crippen LogP contribution in [0.2, 0.25) is 0 Å². The molecular weight excluding hydrogens is 278 g/mol. The third-order valence-electron chi connectivity index (χ3n) is 2.83. The van der Waals surface area contributed by atoms with Crippen molar-refractivity contribution in [2.75, 3.05) is 38.6 Å². The lowest BCUT2D eigenvalue weighted by Crippen LogP contribution is -2.29. The summed E-state index contributed by atoms with van der Waals surface area (Å²) in [7, 11) is 0. The number of carbonyl (C=O) groups is 2. The Morgan fingerprint density at radius 1 is 1.05 bits per heavy atom. The second-order valence-corrected chi connectivity index (χ2v) is 5.46. The number of esters is 2. The van der Waals surface area contributed by atoms with Crippen molar-refractivity contribution in [2.45, 2.75) is 39.4 Å². The molecule has 1 atom stereocenters. The maximum atomic E-state index is 11.8. The van der Waals surface area contributed by atoms with E-state index in [1.165, 1.54) is 11.8 Å². The molecule has 5 nitrogen and oxygen atoms in total. The van der Waals surface area contributed by atoms with Gasteiger partial charge >= 0.3 is 11.9 Å². The largest absolute Gasteiger partial charge is 0.466 e. The van der Waals surface area contributed by atoms with Crippen LogP contribution in [0.3, 0.4) is 0 Å². The van der Waals surface area contributed by atoms with E-state index in [1.54, 1.807) is 13.8 Å². The predicted octanol–water partition coefficient (Wildman–Crippen LogP) is 1.95. The monoisotopic (exact) mass is 305 g/mol. The lowest BCUT2D eigenvalue weighted by atomic mass is 10.3. The molecule has 0 aliphatic heterocycles. The zero-order chi connectivity index (χ0) is 15.4. The Morgan fingerprint density at radius 3 is 2.15 bits per heavy atom. The van der Waals surface area contributed by atoms with Gasteiger partial charge in [0.15, 0.2) is 0 Å². The van der Waals surface area contributed by atoms with E-state index in [-0.39, 0.29) is 18.4 Å². The SMILES string of the molecule is CCOC(=O)CC(SCCN(CC)CC)C(=O)OCC. The highest BCUT2D eigenvalue weighted by Crippen LogP contribution is 2.17. The number of nitrogens with zero attached hydrogens (tertiary/aromatic N) is 1. The van der Waals surface area contributed by atoms with Gasteiger partial charge in [-0.1, -0.05) is 13.8 Å². The molecule has 118 valence electrons. The Hall–Kier alpha value is -0.750. The quantitative estimate of drug-likeness (QED) is 0.544. The molecular formula is C14H27NO4S. The number of ether oxygens (including phenoxy) is 2. The molecule has 20 heavy (non-hydrogen) atoms. The predicted molar refractivity (Wildman–Crippen MR) is 81.9 cm³/mol. The zero-order valence-corrected chi connectivity index (χ0v) is 13.8. The fourth-order valence-electron chi connectivity index (χ4n) is 1.68. The minimum Gasteiger partial charge on any atom is -0.466 e. The van der Waals surface area contributed by atoms with E-state index in [1.807, 2.05) is 0 Å². The van der Waals surface area contributed by atoms with Crippen LogP contribution in [0.15, 0.2) is 0 Å². The molecule has 0 radical (unpaired) electrons. The Morgan fingerprint density at radius 2 is 1.65 bits per heavy atom. The number of hydrogen-bond acceptors (Lipinski definition) is 6. The minimum absolute atomic E-state index is 0.0790. The van der Waals surface area contributed by atoms with Crippen LogP contribution in [0.4, 0.5) is 0 Å². The van der Waals surface area contributed by atoms with Crippen molar-refractivity contribution in [1.82, 2.24) is 4.90 Å². The van der Waals surface area contributed by atoms with E-state index in [2.05, 4.69) is 18.7 Å². The van der Waals surface area contributed by atoms with Gasteiger partial charge in [0.25, 0.3) is 0 Å². The number of rotatable bonds is 11. The lowest BCUT2D eigenvalue weighted by Gasteiger charge is -2.19. The molecule has 0 N–H and O–H groups in total. The summed E-state index contributed by atoms with van der Waals surface area (Å²) in [4.78, 5) is 25.6. The molecule has 0 saturated carbocycles. The van der Waals surface area contributed by atoms with E-state index in [0.29, 0.717) is 13.2 Å². The summed E-state index contributed by atoms with van der Waals surface area (Å²) in [6.07, 6.45) is 0.0790. The summed E-state index contributed by atoms with van der Waals surface area (Å²) in [6.45, 7) is 11.3. The average Bonchev–Trinajstić information content (AvgIpc) is 2.43.